The molecule has 0 bridgehead atoms. The summed E-state index contributed by atoms with van der Waals surface area (Å²) in [5.74, 6) is -0.140. The van der Waals surface area contributed by atoms with Crippen LogP contribution in [0.15, 0.2) is 22.7 Å². The fourth-order valence-electron chi connectivity index (χ4n) is 1.41. The van der Waals surface area contributed by atoms with Gasteiger partial charge in [0, 0.05) is 15.8 Å². The highest BCUT2D eigenvalue weighted by atomic mass is 79.9. The monoisotopic (exact) mass is 278 g/mol. The minimum atomic E-state index is -0.181. The molecule has 2 unspecified atom stereocenters. The third-order valence-corrected chi connectivity index (χ3v) is 3.56. The van der Waals surface area contributed by atoms with Crippen molar-refractivity contribution in [2.24, 2.45) is 0 Å². The van der Waals surface area contributed by atoms with Crippen molar-refractivity contribution >= 4 is 27.5 Å². The first-order valence-electron chi connectivity index (χ1n) is 4.65. The van der Waals surface area contributed by atoms with Gasteiger partial charge in [0.2, 0.25) is 0 Å². The first-order valence-corrected chi connectivity index (χ1v) is 5.88. The molecule has 0 nitrogen and oxygen atoms in total. The van der Waals surface area contributed by atoms with E-state index < -0.39 is 0 Å². The first-order chi connectivity index (χ1) is 6.56. The molecule has 2 atom stereocenters. The van der Waals surface area contributed by atoms with Crippen LogP contribution in [0.3, 0.4) is 0 Å². The Labute approximate surface area is 97.6 Å². The molecule has 0 amide bonds. The fourth-order valence-corrected chi connectivity index (χ4v) is 1.93. The molecule has 0 fully saturated rings. The summed E-state index contributed by atoms with van der Waals surface area (Å²) in [4.78, 5) is 0. The molecule has 0 aliphatic carbocycles. The molecule has 0 saturated heterocycles. The van der Waals surface area contributed by atoms with E-state index in [0.29, 0.717) is 5.56 Å². The topological polar surface area (TPSA) is 0 Å². The molecule has 3 heteroatoms. The van der Waals surface area contributed by atoms with E-state index in [4.69, 9.17) is 11.6 Å². The van der Waals surface area contributed by atoms with E-state index in [-0.39, 0.29) is 17.1 Å². The molecule has 0 saturated carbocycles. The predicted molar refractivity (Wildman–Crippen MR) is 62.4 cm³/mol. The Morgan fingerprint density at radius 2 is 2.14 bits per heavy atom. The zero-order chi connectivity index (χ0) is 10.7. The number of hydrogen-bond donors (Lipinski definition) is 0. The van der Waals surface area contributed by atoms with Gasteiger partial charge in [-0.1, -0.05) is 29.8 Å². The quantitative estimate of drug-likeness (QED) is 0.703. The van der Waals surface area contributed by atoms with Crippen LogP contribution >= 0.6 is 27.5 Å². The molecule has 0 N–H and O–H groups in total. The van der Waals surface area contributed by atoms with Crippen molar-refractivity contribution in [1.82, 2.24) is 0 Å². The average molecular weight is 280 g/mol. The summed E-state index contributed by atoms with van der Waals surface area (Å²) in [7, 11) is 0. The highest BCUT2D eigenvalue weighted by Crippen LogP contribution is 2.29. The Hall–Kier alpha value is -0.0800. The maximum absolute atomic E-state index is 13.4. The van der Waals surface area contributed by atoms with Gasteiger partial charge in [-0.25, -0.2) is 4.39 Å². The van der Waals surface area contributed by atoms with Crippen LogP contribution in [-0.2, 0) is 0 Å². The molecule has 14 heavy (non-hydrogen) atoms. The molecule has 0 aliphatic rings. The second kappa shape index (κ2) is 5.13. The molecule has 1 aromatic rings. The van der Waals surface area contributed by atoms with Gasteiger partial charge in [0.15, 0.2) is 0 Å². The van der Waals surface area contributed by atoms with Crippen LogP contribution in [0.2, 0.25) is 0 Å². The molecule has 78 valence electrons. The summed E-state index contributed by atoms with van der Waals surface area (Å²) in [6.07, 6.45) is 0.842. The molecule has 1 rings (SSSR count). The molecule has 0 aliphatic heterocycles. The third kappa shape index (κ3) is 2.71. The van der Waals surface area contributed by atoms with Crippen molar-refractivity contribution in [1.29, 1.82) is 0 Å². The smallest absolute Gasteiger partial charge is 0.126 e. The molecular formula is C11H13BrClF. The van der Waals surface area contributed by atoms with Crippen LogP contribution in [0.25, 0.3) is 0 Å². The van der Waals surface area contributed by atoms with Gasteiger partial charge in [-0.3, -0.25) is 0 Å². The van der Waals surface area contributed by atoms with E-state index in [0.717, 1.165) is 10.9 Å². The molecule has 1 aromatic carbocycles. The van der Waals surface area contributed by atoms with E-state index >= 15 is 0 Å². The Morgan fingerprint density at radius 1 is 1.50 bits per heavy atom. The van der Waals surface area contributed by atoms with Crippen molar-refractivity contribution < 1.29 is 4.39 Å². The summed E-state index contributed by atoms with van der Waals surface area (Å²) < 4.78 is 14.3. The van der Waals surface area contributed by atoms with Gasteiger partial charge in [0.25, 0.3) is 0 Å². The van der Waals surface area contributed by atoms with Crippen molar-refractivity contribution in [2.45, 2.75) is 31.6 Å². The van der Waals surface area contributed by atoms with Gasteiger partial charge in [0.05, 0.1) is 0 Å². The summed E-state index contributed by atoms with van der Waals surface area (Å²) in [6, 6.07) is 4.96. The largest absolute Gasteiger partial charge is 0.207 e. The Balaban J connectivity index is 2.99. The normalized spacial score (nSPS) is 15.2. The molecule has 0 spiro atoms. The summed E-state index contributed by atoms with van der Waals surface area (Å²) in [5.41, 5.74) is 0.682. The van der Waals surface area contributed by atoms with Crippen LogP contribution < -0.4 is 0 Å². The molecule has 0 aromatic heterocycles. The van der Waals surface area contributed by atoms with Gasteiger partial charge < -0.3 is 0 Å². The van der Waals surface area contributed by atoms with E-state index in [9.17, 15) is 4.39 Å². The summed E-state index contributed by atoms with van der Waals surface area (Å²) >= 11 is 9.42. The van der Waals surface area contributed by atoms with E-state index in [2.05, 4.69) is 15.9 Å². The van der Waals surface area contributed by atoms with Crippen molar-refractivity contribution in [2.75, 3.05) is 0 Å². The lowest BCUT2D eigenvalue weighted by atomic mass is 9.96. The van der Waals surface area contributed by atoms with E-state index in [1.807, 2.05) is 13.8 Å². The number of benzene rings is 1. The highest BCUT2D eigenvalue weighted by molar-refractivity contribution is 9.10. The van der Waals surface area contributed by atoms with E-state index in [1.165, 1.54) is 6.07 Å². The Morgan fingerprint density at radius 3 is 2.71 bits per heavy atom. The van der Waals surface area contributed by atoms with Gasteiger partial charge in [-0.05, 0) is 30.2 Å². The van der Waals surface area contributed by atoms with Crippen LogP contribution in [0.5, 0.6) is 0 Å². The minimum Gasteiger partial charge on any atom is -0.207 e. The zero-order valence-corrected chi connectivity index (χ0v) is 10.6. The molecule has 0 radical (unpaired) electrons. The summed E-state index contributed by atoms with van der Waals surface area (Å²) in [5, 5.41) is -0.0150. The van der Waals surface area contributed by atoms with Crippen LogP contribution in [0, 0.1) is 5.82 Å². The number of rotatable bonds is 3. The SMILES string of the molecule is CCC(Cl)C(C)c1cc(Br)ccc1F. The maximum Gasteiger partial charge on any atom is 0.126 e. The third-order valence-electron chi connectivity index (χ3n) is 2.38. The molecular weight excluding hydrogens is 266 g/mol. The lowest BCUT2D eigenvalue weighted by Gasteiger charge is -2.17. The fraction of sp³-hybridized carbons (Fsp3) is 0.455. The van der Waals surface area contributed by atoms with E-state index in [1.54, 1.807) is 12.1 Å². The van der Waals surface area contributed by atoms with Crippen LogP contribution in [0.1, 0.15) is 31.7 Å². The second-order valence-corrected chi connectivity index (χ2v) is 4.86. The van der Waals surface area contributed by atoms with Crippen molar-refractivity contribution in [3.63, 3.8) is 0 Å². The Kier molecular flexibility index (Phi) is 4.39. The minimum absolute atomic E-state index is 0.0150. The zero-order valence-electron chi connectivity index (χ0n) is 8.23. The average Bonchev–Trinajstić information content (AvgIpc) is 2.19. The lowest BCUT2D eigenvalue weighted by Crippen LogP contribution is -2.10. The Bertz CT molecular complexity index is 314. The maximum atomic E-state index is 13.4. The van der Waals surface area contributed by atoms with Crippen LogP contribution in [0.4, 0.5) is 4.39 Å². The number of hydrogen-bond acceptors (Lipinski definition) is 0. The second-order valence-electron chi connectivity index (χ2n) is 3.38. The standard InChI is InChI=1S/C11H13BrClF/c1-3-10(13)7(2)9-6-8(12)4-5-11(9)14/h4-7,10H,3H2,1-2H3. The summed E-state index contributed by atoms with van der Waals surface area (Å²) in [6.45, 7) is 3.95. The van der Waals surface area contributed by atoms with Crippen molar-refractivity contribution in [3.05, 3.63) is 34.1 Å². The van der Waals surface area contributed by atoms with Gasteiger partial charge >= 0.3 is 0 Å². The van der Waals surface area contributed by atoms with Crippen molar-refractivity contribution in [3.8, 4) is 0 Å². The highest BCUT2D eigenvalue weighted by Gasteiger charge is 2.18. The number of alkyl halides is 1. The molecule has 0 heterocycles. The number of halogens is 3. The predicted octanol–water partition coefficient (Wildman–Crippen LogP) is 4.71. The lowest BCUT2D eigenvalue weighted by molar-refractivity contribution is 0.573. The van der Waals surface area contributed by atoms with Crippen LogP contribution in [-0.4, -0.2) is 5.38 Å². The van der Waals surface area contributed by atoms with Gasteiger partial charge in [-0.15, -0.1) is 11.6 Å². The van der Waals surface area contributed by atoms with Gasteiger partial charge in [0.1, 0.15) is 5.82 Å². The first kappa shape index (κ1) is 12.0. The van der Waals surface area contributed by atoms with Gasteiger partial charge in [-0.2, -0.15) is 0 Å².